The monoisotopic (exact) mass is 454 g/mol. The van der Waals surface area contributed by atoms with Gasteiger partial charge in [0.15, 0.2) is 6.61 Å². The molecule has 1 aliphatic heterocycles. The predicted molar refractivity (Wildman–Crippen MR) is 116 cm³/mol. The molecule has 1 aliphatic carbocycles. The van der Waals surface area contributed by atoms with E-state index in [1.165, 1.54) is 12.3 Å². The van der Waals surface area contributed by atoms with Gasteiger partial charge in [0.05, 0.1) is 17.8 Å². The lowest BCUT2D eigenvalue weighted by Crippen LogP contribution is -2.33. The van der Waals surface area contributed by atoms with Gasteiger partial charge < -0.3 is 14.7 Å². The molecule has 0 bridgehead atoms. The first-order valence-electron chi connectivity index (χ1n) is 10.7. The summed E-state index contributed by atoms with van der Waals surface area (Å²) in [6, 6.07) is 15.3. The van der Waals surface area contributed by atoms with Crippen molar-refractivity contribution in [2.75, 3.05) is 11.5 Å². The molecule has 1 fully saturated rings. The highest BCUT2D eigenvalue weighted by molar-refractivity contribution is 6.11. The van der Waals surface area contributed by atoms with Gasteiger partial charge >= 0.3 is 6.18 Å². The van der Waals surface area contributed by atoms with E-state index in [-0.39, 0.29) is 18.2 Å². The summed E-state index contributed by atoms with van der Waals surface area (Å²) in [6.45, 7) is -1.18. The van der Waals surface area contributed by atoms with E-state index in [2.05, 4.69) is 4.98 Å². The number of anilines is 1. The Morgan fingerprint density at radius 3 is 2.42 bits per heavy atom. The average molecular weight is 454 g/mol. The van der Waals surface area contributed by atoms with Crippen LogP contribution in [0.25, 0.3) is 11.3 Å². The van der Waals surface area contributed by atoms with Crippen LogP contribution in [0.3, 0.4) is 0 Å². The Kier molecular flexibility index (Phi) is 5.12. The Morgan fingerprint density at radius 1 is 1.03 bits per heavy atom. The molecule has 2 heterocycles. The maximum Gasteiger partial charge on any atom is 0.422 e. The van der Waals surface area contributed by atoms with Gasteiger partial charge in [-0.15, -0.1) is 0 Å². The van der Waals surface area contributed by atoms with Crippen LogP contribution in [0.1, 0.15) is 40.7 Å². The number of hydrogen-bond acceptors (Lipinski definition) is 4. The number of alkyl halides is 3. The molecule has 5 nitrogen and oxygen atoms in total. The number of carbonyl (C=O) groups excluding carboxylic acids is 1. The van der Waals surface area contributed by atoms with Crippen molar-refractivity contribution < 1.29 is 27.8 Å². The lowest BCUT2D eigenvalue weighted by atomic mass is 9.75. The molecule has 1 saturated carbocycles. The summed E-state index contributed by atoms with van der Waals surface area (Å²) in [7, 11) is 0. The largest absolute Gasteiger partial charge is 0.483 e. The van der Waals surface area contributed by atoms with Crippen molar-refractivity contribution in [1.29, 1.82) is 0 Å². The smallest absolute Gasteiger partial charge is 0.422 e. The van der Waals surface area contributed by atoms with Crippen molar-refractivity contribution in [3.8, 4) is 17.0 Å². The molecule has 33 heavy (non-hydrogen) atoms. The van der Waals surface area contributed by atoms with Crippen LogP contribution in [0.5, 0.6) is 5.75 Å². The highest BCUT2D eigenvalue weighted by atomic mass is 19.4. The second-order valence-electron chi connectivity index (χ2n) is 8.41. The number of fused-ring (bicyclic) bond motifs is 1. The number of aromatic nitrogens is 1. The quantitative estimate of drug-likeness (QED) is 0.574. The first-order chi connectivity index (χ1) is 15.8. The molecule has 3 aromatic rings. The van der Waals surface area contributed by atoms with Crippen LogP contribution in [0, 0.1) is 0 Å². The van der Waals surface area contributed by atoms with Gasteiger partial charge in [0.25, 0.3) is 5.91 Å². The molecule has 0 atom stereocenters. The molecule has 0 saturated heterocycles. The summed E-state index contributed by atoms with van der Waals surface area (Å²) in [6.07, 6.45) is -0.547. The minimum atomic E-state index is -4.47. The third kappa shape index (κ3) is 3.95. The second-order valence-corrected chi connectivity index (χ2v) is 8.41. The Bertz CT molecular complexity index is 1200. The first-order valence-corrected chi connectivity index (χ1v) is 10.7. The number of amides is 1. The van der Waals surface area contributed by atoms with E-state index < -0.39 is 18.4 Å². The topological polar surface area (TPSA) is 62.7 Å². The van der Waals surface area contributed by atoms with Crippen LogP contribution in [-0.2, 0) is 12.1 Å². The molecule has 2 aromatic carbocycles. The summed E-state index contributed by atoms with van der Waals surface area (Å²) in [5.41, 5.74) is 2.63. The van der Waals surface area contributed by atoms with Crippen molar-refractivity contribution in [2.24, 2.45) is 0 Å². The average Bonchev–Trinajstić information content (AvgIpc) is 3.13. The van der Waals surface area contributed by atoms with Crippen molar-refractivity contribution in [3.63, 3.8) is 0 Å². The van der Waals surface area contributed by atoms with E-state index >= 15 is 0 Å². The van der Waals surface area contributed by atoms with E-state index in [9.17, 15) is 23.1 Å². The van der Waals surface area contributed by atoms with Gasteiger partial charge in [0, 0.05) is 28.6 Å². The number of nitrogens with zero attached hydrogens (tertiary/aromatic N) is 2. The SMILES string of the molecule is O=C1c2ccnc(-c3ccccc3OCC(F)(F)F)c2CN1c1ccc(C2(O)CCC2)cc1. The fourth-order valence-corrected chi connectivity index (χ4v) is 4.37. The Labute approximate surface area is 188 Å². The standard InChI is InChI=1S/C25H21F3N2O3/c26-25(27,28)15-33-21-5-2-1-4-19(21)22-20-14-30(23(31)18(20)10-13-29-22)17-8-6-16(7-9-17)24(32)11-3-12-24/h1-2,4-10,13,32H,3,11-12,14-15H2. The number of pyridine rings is 1. The Balaban J connectivity index is 1.45. The van der Waals surface area contributed by atoms with Crippen molar-refractivity contribution in [3.05, 3.63) is 77.5 Å². The van der Waals surface area contributed by atoms with Crippen molar-refractivity contribution >= 4 is 11.6 Å². The Morgan fingerprint density at radius 2 is 1.76 bits per heavy atom. The van der Waals surface area contributed by atoms with Gasteiger partial charge in [-0.25, -0.2) is 0 Å². The fourth-order valence-electron chi connectivity index (χ4n) is 4.37. The third-order valence-electron chi connectivity index (χ3n) is 6.28. The second kappa shape index (κ2) is 7.88. The predicted octanol–water partition coefficient (Wildman–Crippen LogP) is 5.22. The van der Waals surface area contributed by atoms with Crippen LogP contribution >= 0.6 is 0 Å². The molecule has 2 aliphatic rings. The summed E-state index contributed by atoms with van der Waals surface area (Å²) < 4.78 is 43.1. The molecule has 0 spiro atoms. The van der Waals surface area contributed by atoms with E-state index in [0.717, 1.165) is 24.8 Å². The van der Waals surface area contributed by atoms with Crippen LogP contribution in [0.2, 0.25) is 0 Å². The molecular formula is C25H21F3N2O3. The zero-order valence-electron chi connectivity index (χ0n) is 17.6. The number of ether oxygens (including phenoxy) is 1. The number of carbonyl (C=O) groups is 1. The highest BCUT2D eigenvalue weighted by Gasteiger charge is 2.37. The summed E-state index contributed by atoms with van der Waals surface area (Å²) in [4.78, 5) is 19.1. The lowest BCUT2D eigenvalue weighted by Gasteiger charge is -2.37. The summed E-state index contributed by atoms with van der Waals surface area (Å²) in [5.74, 6) is -0.155. The van der Waals surface area contributed by atoms with Crippen LogP contribution in [0.15, 0.2) is 60.8 Å². The van der Waals surface area contributed by atoms with E-state index in [0.29, 0.717) is 28.1 Å². The summed E-state index contributed by atoms with van der Waals surface area (Å²) in [5, 5.41) is 10.5. The molecule has 1 amide bonds. The third-order valence-corrected chi connectivity index (χ3v) is 6.28. The highest BCUT2D eigenvalue weighted by Crippen LogP contribution is 2.42. The van der Waals surface area contributed by atoms with E-state index in [1.807, 2.05) is 24.3 Å². The summed E-state index contributed by atoms with van der Waals surface area (Å²) >= 11 is 0. The fraction of sp³-hybridized carbons (Fsp3) is 0.280. The first kappa shape index (κ1) is 21.5. The number of halogens is 3. The zero-order valence-corrected chi connectivity index (χ0v) is 17.6. The number of benzene rings is 2. The lowest BCUT2D eigenvalue weighted by molar-refractivity contribution is -0.153. The van der Waals surface area contributed by atoms with Gasteiger partial charge in [-0.2, -0.15) is 13.2 Å². The molecular weight excluding hydrogens is 433 g/mol. The molecule has 1 aromatic heterocycles. The van der Waals surface area contributed by atoms with Crippen molar-refractivity contribution in [1.82, 2.24) is 4.98 Å². The van der Waals surface area contributed by atoms with E-state index in [1.54, 1.807) is 29.2 Å². The van der Waals surface area contributed by atoms with Gasteiger partial charge in [0.2, 0.25) is 0 Å². The molecule has 0 unspecified atom stereocenters. The van der Waals surface area contributed by atoms with Crippen LogP contribution in [0.4, 0.5) is 18.9 Å². The van der Waals surface area contributed by atoms with Gasteiger partial charge in [-0.1, -0.05) is 24.3 Å². The van der Waals surface area contributed by atoms with Crippen LogP contribution < -0.4 is 9.64 Å². The molecule has 1 N–H and O–H groups in total. The minimum absolute atomic E-state index is 0.0553. The maximum atomic E-state index is 13.1. The minimum Gasteiger partial charge on any atom is -0.483 e. The number of para-hydroxylation sites is 1. The van der Waals surface area contributed by atoms with Crippen LogP contribution in [-0.4, -0.2) is 28.8 Å². The van der Waals surface area contributed by atoms with E-state index in [4.69, 9.17) is 4.74 Å². The van der Waals surface area contributed by atoms with Gasteiger partial charge in [0.1, 0.15) is 5.75 Å². The Hall–Kier alpha value is -3.39. The maximum absolute atomic E-state index is 13.1. The van der Waals surface area contributed by atoms with Gasteiger partial charge in [-0.05, 0) is 55.2 Å². The molecule has 0 radical (unpaired) electrons. The normalized spacial score (nSPS) is 17.0. The zero-order chi connectivity index (χ0) is 23.2. The number of aliphatic hydroxyl groups is 1. The van der Waals surface area contributed by atoms with Gasteiger partial charge in [-0.3, -0.25) is 9.78 Å². The molecule has 8 heteroatoms. The molecule has 170 valence electrons. The number of rotatable bonds is 5. The molecule has 5 rings (SSSR count). The number of hydrogen-bond donors (Lipinski definition) is 1. The van der Waals surface area contributed by atoms with Crippen molar-refractivity contribution in [2.45, 2.75) is 37.6 Å².